The molecule has 4 aliphatic carbocycles. The zero-order valence-electron chi connectivity index (χ0n) is 26.0. The van der Waals surface area contributed by atoms with Crippen molar-refractivity contribution in [2.45, 2.75) is 77.6 Å². The number of unbranched alkanes of at least 4 members (excludes halogenated alkanes) is 5. The van der Waals surface area contributed by atoms with E-state index < -0.39 is 5.41 Å². The molecule has 2 heterocycles. The minimum Gasteiger partial charge on any atom is -0.508 e. The maximum atomic E-state index is 14.1. The van der Waals surface area contributed by atoms with E-state index in [0.29, 0.717) is 17.1 Å². The van der Waals surface area contributed by atoms with Gasteiger partial charge in [-0.15, -0.1) is 0 Å². The summed E-state index contributed by atoms with van der Waals surface area (Å²) in [4.78, 5) is 27.9. The summed E-state index contributed by atoms with van der Waals surface area (Å²) in [5, 5.41) is 19.8. The predicted octanol–water partition coefficient (Wildman–Crippen LogP) is 8.17. The van der Waals surface area contributed by atoms with E-state index in [0.717, 1.165) is 104 Å². The van der Waals surface area contributed by atoms with Crippen LogP contribution in [0, 0.1) is 23.2 Å². The molecule has 1 saturated carbocycles. The molecule has 0 aromatic heterocycles. The zero-order valence-corrected chi connectivity index (χ0v) is 26.0. The first kappa shape index (κ1) is 29.8. The van der Waals surface area contributed by atoms with Crippen molar-refractivity contribution in [1.29, 1.82) is 0 Å². The molecule has 1 spiro atoms. The van der Waals surface area contributed by atoms with E-state index in [1.807, 2.05) is 30.3 Å². The summed E-state index contributed by atoms with van der Waals surface area (Å²) < 4.78 is 12.2. The van der Waals surface area contributed by atoms with Gasteiger partial charge in [-0.3, -0.25) is 0 Å². The fraction of sp³-hybridized carbons (Fsp3) is 0.436. The molecule has 2 bridgehead atoms. The Bertz CT molecular complexity index is 1640. The summed E-state index contributed by atoms with van der Waals surface area (Å²) in [6.45, 7) is 2.34. The molecule has 8 rings (SSSR count). The molecule has 45 heavy (non-hydrogen) atoms. The minimum absolute atomic E-state index is 0.0515. The number of aliphatic hydroxyl groups is 1. The molecule has 2 aromatic carbocycles. The molecule has 2 aliphatic heterocycles. The molecule has 4 atom stereocenters. The Kier molecular flexibility index (Phi) is 8.03. The molecule has 234 valence electrons. The van der Waals surface area contributed by atoms with Gasteiger partial charge >= 0.3 is 11.9 Å². The second-order valence-corrected chi connectivity index (χ2v) is 13.2. The van der Waals surface area contributed by atoms with E-state index in [4.69, 9.17) is 14.6 Å². The molecule has 0 amide bonds. The van der Waals surface area contributed by atoms with Crippen LogP contribution in [-0.2, 0) is 19.1 Å². The number of allylic oxidation sites excluding steroid dienone is 5. The Morgan fingerprint density at radius 3 is 2.51 bits per heavy atom. The van der Waals surface area contributed by atoms with E-state index in [9.17, 15) is 14.7 Å². The molecule has 1 saturated heterocycles. The van der Waals surface area contributed by atoms with Crippen LogP contribution in [0.5, 0.6) is 5.75 Å². The van der Waals surface area contributed by atoms with Crippen LogP contribution in [0.1, 0.15) is 83.1 Å². The monoisotopic (exact) mass is 606 g/mol. The lowest BCUT2D eigenvalue weighted by Gasteiger charge is -2.56. The third-order valence-electron chi connectivity index (χ3n) is 10.8. The largest absolute Gasteiger partial charge is 0.508 e. The number of cyclic esters (lactones) is 2. The van der Waals surface area contributed by atoms with Gasteiger partial charge in [0.15, 0.2) is 0 Å². The van der Waals surface area contributed by atoms with Gasteiger partial charge in [-0.05, 0) is 110 Å². The number of rotatable bonds is 10. The number of phenols is 1. The molecule has 6 nitrogen and oxygen atoms in total. The Hall–Kier alpha value is -3.90. The van der Waals surface area contributed by atoms with Crippen LogP contribution in [-0.4, -0.2) is 28.8 Å². The number of phenolic OH excluding ortho intramolecular Hbond substituents is 1. The molecule has 0 radical (unpaired) electrons. The van der Waals surface area contributed by atoms with Crippen LogP contribution >= 0.6 is 0 Å². The third kappa shape index (κ3) is 4.80. The number of aliphatic hydroxyl groups excluding tert-OH is 1. The van der Waals surface area contributed by atoms with Gasteiger partial charge in [-0.2, -0.15) is 0 Å². The summed E-state index contributed by atoms with van der Waals surface area (Å²) >= 11 is 0. The van der Waals surface area contributed by atoms with Crippen LogP contribution in [0.3, 0.4) is 0 Å². The number of hydrogen-bond acceptors (Lipinski definition) is 6. The molecule has 2 aromatic rings. The third-order valence-corrected chi connectivity index (χ3v) is 10.8. The van der Waals surface area contributed by atoms with Gasteiger partial charge in [0.25, 0.3) is 0 Å². The van der Waals surface area contributed by atoms with E-state index in [1.165, 1.54) is 0 Å². The standard InChI is InChI=1S/C39H42O6/c1-2-3-15-32-39-21-20-27(28-18-19-29-31(14-10-5-4-6-11-22-40)44-37(42)34(29)35(28)39)33(36(39)38(43)45-32)30-23-25(41)16-17-26(30)24-12-8-7-9-13-24/h7-9,12-17,23,27-28,35,40-41H,2-6,10-11,18-22H2,1H3/b31-14?,32-15-/t27-,28+,35-,39-/m1/s1. The Morgan fingerprint density at radius 1 is 0.889 bits per heavy atom. The number of aromatic hydroxyl groups is 1. The van der Waals surface area contributed by atoms with Crippen molar-refractivity contribution in [1.82, 2.24) is 0 Å². The van der Waals surface area contributed by atoms with Gasteiger partial charge in [-0.1, -0.05) is 62.6 Å². The van der Waals surface area contributed by atoms with Gasteiger partial charge in [0.05, 0.1) is 11.0 Å². The fourth-order valence-electron chi connectivity index (χ4n) is 9.00. The van der Waals surface area contributed by atoms with Crippen molar-refractivity contribution in [2.75, 3.05) is 6.61 Å². The minimum atomic E-state index is -0.736. The van der Waals surface area contributed by atoms with Gasteiger partial charge in [0, 0.05) is 23.7 Å². The number of carbonyl (C=O) groups excluding carboxylic acids is 2. The van der Waals surface area contributed by atoms with Crippen LogP contribution in [0.2, 0.25) is 0 Å². The lowest BCUT2D eigenvalue weighted by Crippen LogP contribution is -2.52. The second kappa shape index (κ2) is 12.1. The summed E-state index contributed by atoms with van der Waals surface area (Å²) in [5.74, 6) is 0.969. The van der Waals surface area contributed by atoms with E-state index in [2.05, 4.69) is 31.2 Å². The molecule has 2 fully saturated rings. The molecular weight excluding hydrogens is 564 g/mol. The Balaban J connectivity index is 1.39. The van der Waals surface area contributed by atoms with Crippen LogP contribution < -0.4 is 0 Å². The Labute approximate surface area is 265 Å². The zero-order chi connectivity index (χ0) is 31.1. The first-order chi connectivity index (χ1) is 22.0. The average Bonchev–Trinajstić information content (AvgIpc) is 3.54. The van der Waals surface area contributed by atoms with Crippen molar-refractivity contribution in [2.24, 2.45) is 23.2 Å². The summed E-state index contributed by atoms with van der Waals surface area (Å²) in [5.41, 5.74) is 5.57. The van der Waals surface area contributed by atoms with Gasteiger partial charge in [-0.25, -0.2) is 9.59 Å². The fourth-order valence-corrected chi connectivity index (χ4v) is 9.00. The lowest BCUT2D eigenvalue weighted by atomic mass is 9.44. The number of ether oxygens (including phenoxy) is 2. The van der Waals surface area contributed by atoms with Gasteiger partial charge in [0.2, 0.25) is 0 Å². The van der Waals surface area contributed by atoms with Crippen molar-refractivity contribution in [3.05, 3.63) is 94.5 Å². The van der Waals surface area contributed by atoms with E-state index in [1.54, 1.807) is 6.07 Å². The topological polar surface area (TPSA) is 93.1 Å². The molecule has 6 heteroatoms. The summed E-state index contributed by atoms with van der Waals surface area (Å²) in [6.07, 6.45) is 13.8. The van der Waals surface area contributed by atoms with Crippen LogP contribution in [0.25, 0.3) is 16.7 Å². The highest BCUT2D eigenvalue weighted by Crippen LogP contribution is 2.72. The number of hydrogen-bond donors (Lipinski definition) is 2. The first-order valence-electron chi connectivity index (χ1n) is 16.8. The SMILES string of the molecule is CCC/C=C1\OC(=O)C2=C(c3cc(O)ccc3-c3ccccc3)[C@@H]3CC[C@@]21[C@H]1C2=C(CC[C@@H]31)C(=CCCCCCCO)OC2=O. The summed E-state index contributed by atoms with van der Waals surface area (Å²) in [7, 11) is 0. The predicted molar refractivity (Wildman–Crippen MR) is 172 cm³/mol. The summed E-state index contributed by atoms with van der Waals surface area (Å²) in [6, 6.07) is 15.6. The highest BCUT2D eigenvalue weighted by molar-refractivity contribution is 6.07. The first-order valence-corrected chi connectivity index (χ1v) is 16.8. The van der Waals surface area contributed by atoms with Gasteiger partial charge < -0.3 is 19.7 Å². The Morgan fingerprint density at radius 2 is 1.71 bits per heavy atom. The molecule has 2 N–H and O–H groups in total. The van der Waals surface area contributed by atoms with Crippen molar-refractivity contribution >= 4 is 17.5 Å². The smallest absolute Gasteiger partial charge is 0.340 e. The van der Waals surface area contributed by atoms with Crippen molar-refractivity contribution in [3.8, 4) is 16.9 Å². The number of carbonyl (C=O) groups is 2. The van der Waals surface area contributed by atoms with Crippen LogP contribution in [0.15, 0.2) is 88.9 Å². The van der Waals surface area contributed by atoms with E-state index in [-0.39, 0.29) is 42.0 Å². The molecule has 6 aliphatic rings. The normalized spacial score (nSPS) is 28.4. The average molecular weight is 607 g/mol. The number of fused-ring (bicyclic) bond motifs is 1. The highest BCUT2D eigenvalue weighted by Gasteiger charge is 2.68. The van der Waals surface area contributed by atoms with Crippen LogP contribution in [0.4, 0.5) is 0 Å². The van der Waals surface area contributed by atoms with Gasteiger partial charge in [0.1, 0.15) is 17.3 Å². The second-order valence-electron chi connectivity index (χ2n) is 13.2. The lowest BCUT2D eigenvalue weighted by molar-refractivity contribution is -0.135. The molecule has 0 unspecified atom stereocenters. The van der Waals surface area contributed by atoms with Crippen molar-refractivity contribution in [3.63, 3.8) is 0 Å². The maximum Gasteiger partial charge on any atom is 0.340 e. The quantitative estimate of drug-likeness (QED) is 0.209. The molecular formula is C39H42O6. The van der Waals surface area contributed by atoms with E-state index >= 15 is 0 Å². The van der Waals surface area contributed by atoms with Crippen molar-refractivity contribution < 1.29 is 29.3 Å². The maximum absolute atomic E-state index is 14.1. The number of benzene rings is 2. The highest BCUT2D eigenvalue weighted by atomic mass is 16.5. The number of esters is 2.